The molecule has 6 heterocycles. The second-order valence-corrected chi connectivity index (χ2v) is 14.7. The van der Waals surface area contributed by atoms with Crippen LogP contribution >= 0.6 is 11.3 Å². The minimum absolute atomic E-state index is 0.0826. The number of likely N-dealkylation sites (tertiary alicyclic amines) is 1. The number of aliphatic hydroxyl groups excluding tert-OH is 1. The Bertz CT molecular complexity index is 1910. The fraction of sp³-hybridized carbons (Fsp3) is 0.576. The Labute approximate surface area is 271 Å². The molecule has 238 valence electrons. The molecule has 2 fully saturated rings. The van der Waals surface area contributed by atoms with Crippen LogP contribution in [0, 0.1) is 28.6 Å². The number of aryl methyl sites for hydroxylation is 1. The second-order valence-electron chi connectivity index (χ2n) is 13.5. The third kappa shape index (κ3) is 4.29. The highest BCUT2D eigenvalue weighted by atomic mass is 32.1. The predicted octanol–water partition coefficient (Wildman–Crippen LogP) is 4.32. The molecular formula is C33H38N10O2S. The van der Waals surface area contributed by atoms with Gasteiger partial charge in [-0.15, -0.1) is 11.3 Å². The van der Waals surface area contributed by atoms with Crippen molar-refractivity contribution in [1.82, 2.24) is 29.8 Å². The molecule has 2 aliphatic carbocycles. The van der Waals surface area contributed by atoms with Crippen LogP contribution in [0.2, 0.25) is 0 Å². The fourth-order valence-corrected chi connectivity index (χ4v) is 9.90. The molecule has 4 aromatic heterocycles. The maximum atomic E-state index is 10.5. The monoisotopic (exact) mass is 638 g/mol. The normalized spacial score (nSPS) is 27.0. The van der Waals surface area contributed by atoms with Gasteiger partial charge in [0.1, 0.15) is 16.9 Å². The molecule has 0 saturated carbocycles. The fourth-order valence-electron chi connectivity index (χ4n) is 8.74. The number of rotatable bonds is 4. The minimum Gasteiger partial charge on any atom is -0.392 e. The van der Waals surface area contributed by atoms with E-state index in [-0.39, 0.29) is 6.04 Å². The lowest BCUT2D eigenvalue weighted by Gasteiger charge is -2.39. The number of piperidine rings is 1. The maximum absolute atomic E-state index is 10.5. The Balaban J connectivity index is 1.29. The number of nitrogen functional groups attached to an aromatic ring is 1. The van der Waals surface area contributed by atoms with Crippen LogP contribution in [0.15, 0.2) is 10.7 Å². The number of thiophene rings is 1. The first-order chi connectivity index (χ1) is 22.3. The number of hydrogen-bond donors (Lipinski definition) is 2. The van der Waals surface area contributed by atoms with Crippen molar-refractivity contribution >= 4 is 33.2 Å². The number of nitrogens with two attached hydrogens (primary N) is 1. The van der Waals surface area contributed by atoms with E-state index in [1.165, 1.54) is 16.2 Å². The number of aromatic nitrogens is 5. The van der Waals surface area contributed by atoms with E-state index in [9.17, 15) is 15.6 Å². The summed E-state index contributed by atoms with van der Waals surface area (Å²) < 4.78 is 8.33. The van der Waals surface area contributed by atoms with Gasteiger partial charge in [0.05, 0.1) is 46.7 Å². The third-order valence-corrected chi connectivity index (χ3v) is 12.1. The molecule has 0 bridgehead atoms. The maximum Gasteiger partial charge on any atom is 0.186 e. The van der Waals surface area contributed by atoms with E-state index in [1.807, 2.05) is 10.9 Å². The van der Waals surface area contributed by atoms with E-state index in [0.29, 0.717) is 53.5 Å². The number of nitrogens with zero attached hydrogens (tertiary/aromatic N) is 9. The van der Waals surface area contributed by atoms with Crippen LogP contribution in [0.5, 0.6) is 0 Å². The molecule has 0 aromatic carbocycles. The molecule has 5 atom stereocenters. The Hall–Kier alpha value is -4.04. The van der Waals surface area contributed by atoms with Crippen LogP contribution in [0.4, 0.5) is 10.8 Å². The van der Waals surface area contributed by atoms with Crippen molar-refractivity contribution in [2.45, 2.75) is 88.3 Å². The first-order valence-electron chi connectivity index (χ1n) is 16.4. The zero-order valence-corrected chi connectivity index (χ0v) is 27.1. The largest absolute Gasteiger partial charge is 0.392 e. The van der Waals surface area contributed by atoms with Gasteiger partial charge in [-0.25, -0.2) is 14.6 Å². The number of likely N-dealkylation sites (N-methyl/N-ethyl adjacent to an activating group) is 1. The van der Waals surface area contributed by atoms with Gasteiger partial charge in [0, 0.05) is 29.6 Å². The summed E-state index contributed by atoms with van der Waals surface area (Å²) in [6.45, 7) is 4.19. The molecule has 0 amide bonds. The average Bonchev–Trinajstić information content (AvgIpc) is 3.86. The number of hydrogen-bond acceptors (Lipinski definition) is 12. The van der Waals surface area contributed by atoms with Crippen LogP contribution in [0.25, 0.3) is 22.6 Å². The van der Waals surface area contributed by atoms with Gasteiger partial charge in [-0.1, -0.05) is 5.16 Å². The van der Waals surface area contributed by atoms with Gasteiger partial charge in [0.2, 0.25) is 0 Å². The van der Waals surface area contributed by atoms with Crippen molar-refractivity contribution in [1.29, 1.82) is 10.5 Å². The lowest BCUT2D eigenvalue weighted by molar-refractivity contribution is 0.113. The molecule has 0 radical (unpaired) electrons. The molecule has 4 aliphatic rings. The minimum atomic E-state index is -0.665. The molecule has 13 heteroatoms. The van der Waals surface area contributed by atoms with Crippen molar-refractivity contribution in [2.75, 3.05) is 37.3 Å². The van der Waals surface area contributed by atoms with E-state index in [1.54, 1.807) is 0 Å². The van der Waals surface area contributed by atoms with Gasteiger partial charge >= 0.3 is 0 Å². The molecule has 8 rings (SSSR count). The third-order valence-electron chi connectivity index (χ3n) is 11.1. The van der Waals surface area contributed by atoms with Crippen molar-refractivity contribution in [3.63, 3.8) is 0 Å². The summed E-state index contributed by atoms with van der Waals surface area (Å²) in [6, 6.07) is 5.10. The zero-order chi connectivity index (χ0) is 31.7. The summed E-state index contributed by atoms with van der Waals surface area (Å²) in [5.41, 5.74) is 9.89. The first-order valence-corrected chi connectivity index (χ1v) is 17.3. The molecule has 1 spiro atoms. The summed E-state index contributed by atoms with van der Waals surface area (Å²) in [6.07, 6.45) is 9.26. The average molecular weight is 639 g/mol. The summed E-state index contributed by atoms with van der Waals surface area (Å²) in [5.74, 6) is 1.47. The standard InChI is InChI=1S/C33H38N10O2S/c1-18(23-7-5-12-41(23)2)43-32-22(16-37-43)31(42-13-9-24(44)19(14-34)17-42)38-30(39-32)27-20-6-3-10-33(28(20)45-40-27)11-4-8-25-26(33)21(15-35)29(36)46-25/h16,18-19,23-24,44H,3-13,17,36H2,1-2H3/t18-,19-,23-,24+,33-/m0/s1. The van der Waals surface area contributed by atoms with Crippen LogP contribution in [-0.4, -0.2) is 73.7 Å². The van der Waals surface area contributed by atoms with E-state index in [4.69, 9.17) is 25.3 Å². The van der Waals surface area contributed by atoms with Gasteiger partial charge in [-0.2, -0.15) is 15.6 Å². The summed E-state index contributed by atoms with van der Waals surface area (Å²) >= 11 is 1.53. The smallest absolute Gasteiger partial charge is 0.186 e. The number of aliphatic hydroxyl groups is 1. The molecule has 3 N–H and O–H groups in total. The Morgan fingerprint density at radius 1 is 1.15 bits per heavy atom. The Morgan fingerprint density at radius 3 is 2.74 bits per heavy atom. The molecule has 2 aliphatic heterocycles. The van der Waals surface area contributed by atoms with Crippen molar-refractivity contribution in [3.8, 4) is 23.7 Å². The zero-order valence-electron chi connectivity index (χ0n) is 26.2. The van der Waals surface area contributed by atoms with Crippen molar-refractivity contribution < 1.29 is 9.63 Å². The Kier molecular flexibility index (Phi) is 7.05. The quantitative estimate of drug-likeness (QED) is 0.326. The van der Waals surface area contributed by atoms with Crippen molar-refractivity contribution in [3.05, 3.63) is 33.5 Å². The molecule has 12 nitrogen and oxygen atoms in total. The number of fused-ring (bicyclic) bond motifs is 5. The molecular weight excluding hydrogens is 600 g/mol. The van der Waals surface area contributed by atoms with Crippen molar-refractivity contribution in [2.24, 2.45) is 5.92 Å². The van der Waals surface area contributed by atoms with Crippen LogP contribution < -0.4 is 10.6 Å². The lowest BCUT2D eigenvalue weighted by Crippen LogP contribution is -2.43. The SMILES string of the molecule is C[C@@H]([C@@H]1CCCN1C)n1ncc2c(N3CC[C@@H](O)[C@@H](C#N)C3)nc(-c3noc4c3CCC[C@@]43CCCc4sc(N)c(C#N)c43)nc21. The number of anilines is 2. The van der Waals surface area contributed by atoms with Crippen LogP contribution in [0.3, 0.4) is 0 Å². The molecule has 4 aromatic rings. The van der Waals surface area contributed by atoms with E-state index < -0.39 is 17.4 Å². The lowest BCUT2D eigenvalue weighted by atomic mass is 9.63. The predicted molar refractivity (Wildman–Crippen MR) is 173 cm³/mol. The van der Waals surface area contributed by atoms with Crippen LogP contribution in [-0.2, 0) is 18.3 Å². The molecule has 2 saturated heterocycles. The van der Waals surface area contributed by atoms with Gasteiger partial charge in [-0.05, 0) is 83.9 Å². The highest BCUT2D eigenvalue weighted by Gasteiger charge is 2.49. The Morgan fingerprint density at radius 2 is 1.98 bits per heavy atom. The summed E-state index contributed by atoms with van der Waals surface area (Å²) in [5, 5.41) is 41.3. The van der Waals surface area contributed by atoms with E-state index in [2.05, 4.69) is 41.1 Å². The van der Waals surface area contributed by atoms with Gasteiger partial charge in [0.25, 0.3) is 0 Å². The summed E-state index contributed by atoms with van der Waals surface area (Å²) in [4.78, 5) is 16.0. The van der Waals surface area contributed by atoms with E-state index in [0.717, 1.165) is 85.8 Å². The molecule has 0 unspecified atom stereocenters. The highest BCUT2D eigenvalue weighted by Crippen LogP contribution is 2.55. The first kappa shape index (κ1) is 29.4. The van der Waals surface area contributed by atoms with E-state index >= 15 is 0 Å². The van der Waals surface area contributed by atoms with Crippen LogP contribution in [0.1, 0.15) is 85.2 Å². The van der Waals surface area contributed by atoms with Gasteiger partial charge < -0.3 is 25.2 Å². The second kappa shape index (κ2) is 11.0. The highest BCUT2D eigenvalue weighted by molar-refractivity contribution is 7.16. The number of nitriles is 2. The van der Waals surface area contributed by atoms with Gasteiger partial charge in [-0.3, -0.25) is 0 Å². The summed E-state index contributed by atoms with van der Waals surface area (Å²) in [7, 11) is 2.17. The topological polar surface area (TPSA) is 170 Å². The molecule has 46 heavy (non-hydrogen) atoms. The van der Waals surface area contributed by atoms with Gasteiger partial charge in [0.15, 0.2) is 22.9 Å².